The van der Waals surface area contributed by atoms with E-state index in [1.165, 1.54) is 5.56 Å². The van der Waals surface area contributed by atoms with Crippen LogP contribution < -0.4 is 11.5 Å². The molecule has 106 valence electrons. The Bertz CT molecular complexity index is 420. The number of nitrogen functional groups attached to an aromatic ring is 1. The van der Waals surface area contributed by atoms with E-state index in [1.807, 2.05) is 6.07 Å². The summed E-state index contributed by atoms with van der Waals surface area (Å²) in [5.41, 5.74) is 14.6. The molecule has 1 aromatic carbocycles. The van der Waals surface area contributed by atoms with Gasteiger partial charge in [-0.1, -0.05) is 19.9 Å². The third-order valence-corrected chi connectivity index (χ3v) is 3.53. The molecule has 2 rings (SSSR count). The van der Waals surface area contributed by atoms with Crippen molar-refractivity contribution >= 4 is 5.69 Å². The highest BCUT2D eigenvalue weighted by molar-refractivity contribution is 5.49. The van der Waals surface area contributed by atoms with Gasteiger partial charge in [-0.05, 0) is 29.2 Å². The van der Waals surface area contributed by atoms with E-state index in [4.69, 9.17) is 16.2 Å². The maximum atomic E-state index is 5.89. The number of rotatable bonds is 4. The molecule has 0 spiro atoms. The summed E-state index contributed by atoms with van der Waals surface area (Å²) >= 11 is 0. The zero-order valence-corrected chi connectivity index (χ0v) is 11.9. The highest BCUT2D eigenvalue weighted by atomic mass is 16.5. The van der Waals surface area contributed by atoms with Gasteiger partial charge < -0.3 is 16.2 Å². The summed E-state index contributed by atoms with van der Waals surface area (Å²) in [6, 6.07) is 6.07. The summed E-state index contributed by atoms with van der Waals surface area (Å²) in [7, 11) is 0. The Morgan fingerprint density at radius 3 is 2.89 bits per heavy atom. The lowest BCUT2D eigenvalue weighted by atomic mass is 10.0. The molecule has 0 amide bonds. The maximum Gasteiger partial charge on any atom is 0.0952 e. The van der Waals surface area contributed by atoms with Gasteiger partial charge in [-0.15, -0.1) is 0 Å². The van der Waals surface area contributed by atoms with Crippen LogP contribution in [0.25, 0.3) is 0 Å². The molecule has 0 saturated carbocycles. The van der Waals surface area contributed by atoms with E-state index in [9.17, 15) is 0 Å². The highest BCUT2D eigenvalue weighted by Crippen LogP contribution is 2.25. The largest absolute Gasteiger partial charge is 0.398 e. The average Bonchev–Trinajstić information content (AvgIpc) is 2.39. The van der Waals surface area contributed by atoms with E-state index in [-0.39, 0.29) is 6.10 Å². The number of ether oxygens (including phenoxy) is 1. The molecule has 4 nitrogen and oxygen atoms in total. The van der Waals surface area contributed by atoms with E-state index in [1.54, 1.807) is 0 Å². The number of hydrogen-bond donors (Lipinski definition) is 2. The van der Waals surface area contributed by atoms with Crippen molar-refractivity contribution in [2.24, 2.45) is 11.7 Å². The predicted molar refractivity (Wildman–Crippen MR) is 78.7 cm³/mol. The monoisotopic (exact) mass is 263 g/mol. The molecule has 1 saturated heterocycles. The molecule has 1 unspecified atom stereocenters. The van der Waals surface area contributed by atoms with Gasteiger partial charge in [-0.3, -0.25) is 4.90 Å². The molecule has 1 heterocycles. The van der Waals surface area contributed by atoms with E-state index in [2.05, 4.69) is 30.9 Å². The molecule has 1 atom stereocenters. The van der Waals surface area contributed by atoms with E-state index < -0.39 is 0 Å². The number of nitrogens with zero attached hydrogens (tertiary/aromatic N) is 1. The van der Waals surface area contributed by atoms with Crippen molar-refractivity contribution in [1.82, 2.24) is 4.90 Å². The van der Waals surface area contributed by atoms with Gasteiger partial charge in [0, 0.05) is 31.9 Å². The highest BCUT2D eigenvalue weighted by Gasteiger charge is 2.22. The minimum atomic E-state index is 0.137. The van der Waals surface area contributed by atoms with Crippen LogP contribution >= 0.6 is 0 Å². The second-order valence-corrected chi connectivity index (χ2v) is 5.68. The zero-order chi connectivity index (χ0) is 13.8. The van der Waals surface area contributed by atoms with Crippen LogP contribution in [0.5, 0.6) is 0 Å². The molecule has 0 bridgehead atoms. The van der Waals surface area contributed by atoms with Gasteiger partial charge in [0.2, 0.25) is 0 Å². The third-order valence-electron chi connectivity index (χ3n) is 3.53. The molecular formula is C15H25N3O. The van der Waals surface area contributed by atoms with Crippen LogP contribution in [-0.4, -0.2) is 31.1 Å². The lowest BCUT2D eigenvalue weighted by Crippen LogP contribution is -2.40. The summed E-state index contributed by atoms with van der Waals surface area (Å²) in [6.07, 6.45) is 0.137. The standard InChI is InChI=1S/C15H25N3O/c1-11(2)9-18-5-6-19-15(10-18)12-3-4-14(17)13(7-12)8-16/h3-4,7,11,15H,5-6,8-10,16-17H2,1-2H3. The van der Waals surface area contributed by atoms with Gasteiger partial charge >= 0.3 is 0 Å². The van der Waals surface area contributed by atoms with Crippen molar-refractivity contribution in [3.63, 3.8) is 0 Å². The molecular weight excluding hydrogens is 238 g/mol. The number of benzene rings is 1. The van der Waals surface area contributed by atoms with Crippen molar-refractivity contribution < 1.29 is 4.74 Å². The van der Waals surface area contributed by atoms with Crippen LogP contribution in [0.3, 0.4) is 0 Å². The summed E-state index contributed by atoms with van der Waals surface area (Å²) < 4.78 is 5.89. The second-order valence-electron chi connectivity index (χ2n) is 5.68. The minimum Gasteiger partial charge on any atom is -0.398 e. The lowest BCUT2D eigenvalue weighted by Gasteiger charge is -2.34. The van der Waals surface area contributed by atoms with Crippen LogP contribution in [0.2, 0.25) is 0 Å². The van der Waals surface area contributed by atoms with Gasteiger partial charge in [0.05, 0.1) is 12.7 Å². The molecule has 0 aliphatic carbocycles. The molecule has 19 heavy (non-hydrogen) atoms. The quantitative estimate of drug-likeness (QED) is 0.812. The molecule has 1 fully saturated rings. The Morgan fingerprint density at radius 1 is 1.42 bits per heavy atom. The van der Waals surface area contributed by atoms with E-state index >= 15 is 0 Å². The Morgan fingerprint density at radius 2 is 2.21 bits per heavy atom. The third kappa shape index (κ3) is 3.69. The van der Waals surface area contributed by atoms with Crippen LogP contribution in [0.1, 0.15) is 31.1 Å². The number of hydrogen-bond acceptors (Lipinski definition) is 4. The molecule has 0 radical (unpaired) electrons. The first kappa shape index (κ1) is 14.3. The van der Waals surface area contributed by atoms with E-state index in [0.29, 0.717) is 12.5 Å². The van der Waals surface area contributed by atoms with Crippen LogP contribution in [0, 0.1) is 5.92 Å². The first-order chi connectivity index (χ1) is 9.10. The smallest absolute Gasteiger partial charge is 0.0952 e. The van der Waals surface area contributed by atoms with Crippen molar-refractivity contribution in [2.75, 3.05) is 32.0 Å². The molecule has 0 aromatic heterocycles. The van der Waals surface area contributed by atoms with Crippen LogP contribution in [0.15, 0.2) is 18.2 Å². The van der Waals surface area contributed by atoms with Crippen molar-refractivity contribution in [2.45, 2.75) is 26.5 Å². The Labute approximate surface area is 115 Å². The fourth-order valence-electron chi connectivity index (χ4n) is 2.59. The second kappa shape index (κ2) is 6.37. The molecule has 1 aromatic rings. The maximum absolute atomic E-state index is 5.89. The van der Waals surface area contributed by atoms with Gasteiger partial charge in [0.25, 0.3) is 0 Å². The van der Waals surface area contributed by atoms with Crippen LogP contribution in [-0.2, 0) is 11.3 Å². The summed E-state index contributed by atoms with van der Waals surface area (Å²) in [5.74, 6) is 0.685. The van der Waals surface area contributed by atoms with Crippen LogP contribution in [0.4, 0.5) is 5.69 Å². The van der Waals surface area contributed by atoms with E-state index in [0.717, 1.165) is 37.5 Å². The van der Waals surface area contributed by atoms with Gasteiger partial charge in [0.15, 0.2) is 0 Å². The molecule has 1 aliphatic heterocycles. The summed E-state index contributed by atoms with van der Waals surface area (Å²) in [4.78, 5) is 2.47. The summed E-state index contributed by atoms with van der Waals surface area (Å²) in [5, 5.41) is 0. The minimum absolute atomic E-state index is 0.137. The fraction of sp³-hybridized carbons (Fsp3) is 0.600. The number of nitrogens with two attached hydrogens (primary N) is 2. The van der Waals surface area contributed by atoms with Crippen molar-refractivity contribution in [3.05, 3.63) is 29.3 Å². The zero-order valence-electron chi connectivity index (χ0n) is 11.9. The van der Waals surface area contributed by atoms with Gasteiger partial charge in [-0.25, -0.2) is 0 Å². The normalized spacial score (nSPS) is 20.9. The topological polar surface area (TPSA) is 64.5 Å². The SMILES string of the molecule is CC(C)CN1CCOC(c2ccc(N)c(CN)c2)C1. The van der Waals surface area contributed by atoms with Crippen molar-refractivity contribution in [1.29, 1.82) is 0 Å². The Kier molecular flexibility index (Phi) is 4.80. The molecule has 4 N–H and O–H groups in total. The Balaban J connectivity index is 2.08. The fourth-order valence-corrected chi connectivity index (χ4v) is 2.59. The number of anilines is 1. The van der Waals surface area contributed by atoms with Gasteiger partial charge in [0.1, 0.15) is 0 Å². The molecule has 1 aliphatic rings. The van der Waals surface area contributed by atoms with Gasteiger partial charge in [-0.2, -0.15) is 0 Å². The predicted octanol–water partition coefficient (Wildman–Crippen LogP) is 1.76. The first-order valence-electron chi connectivity index (χ1n) is 7.02. The first-order valence-corrected chi connectivity index (χ1v) is 7.02. The van der Waals surface area contributed by atoms with Crippen molar-refractivity contribution in [3.8, 4) is 0 Å². The number of morpholine rings is 1. The lowest BCUT2D eigenvalue weighted by molar-refractivity contribution is -0.0332. The molecule has 4 heteroatoms. The average molecular weight is 263 g/mol. The summed E-state index contributed by atoms with van der Waals surface area (Å²) in [6.45, 7) is 8.86. The Hall–Kier alpha value is -1.10.